The fourth-order valence-electron chi connectivity index (χ4n) is 0.813. The number of hydrogen-bond acceptors (Lipinski definition) is 1. The number of rotatable bonds is 3. The summed E-state index contributed by atoms with van der Waals surface area (Å²) in [5.74, 6) is 0. The van der Waals surface area contributed by atoms with E-state index < -0.39 is 0 Å². The van der Waals surface area contributed by atoms with Gasteiger partial charge in [-0.3, -0.25) is 4.90 Å². The molecule has 0 N–H and O–H groups in total. The van der Waals surface area contributed by atoms with Gasteiger partial charge in [0.05, 0.1) is 5.00 Å². The number of halogens is 1. The highest BCUT2D eigenvalue weighted by molar-refractivity contribution is 6.29. The average Bonchev–Trinajstić information content (AvgIpc) is 1.86. The van der Waals surface area contributed by atoms with Gasteiger partial charge < -0.3 is 0 Å². The zero-order valence-corrected chi connectivity index (χ0v) is 10.4. The fourth-order valence-corrected chi connectivity index (χ4v) is 1.48. The first-order chi connectivity index (χ1) is 4.42. The molecule has 2 unspecified atom stereocenters. The molecule has 0 radical (unpaired) electrons. The second-order valence-electron chi connectivity index (χ2n) is 3.23. The van der Waals surface area contributed by atoms with Gasteiger partial charge in [0.1, 0.15) is 0 Å². The molecule has 62 valence electrons. The van der Waals surface area contributed by atoms with Crippen LogP contribution in [0.4, 0.5) is 0 Å². The van der Waals surface area contributed by atoms with E-state index in [0.29, 0.717) is 5.54 Å². The number of nitrogens with zero attached hydrogens (tertiary/aromatic N) is 1. The molecular weight excluding hydrogens is 162 g/mol. The molecule has 0 aliphatic rings. The third kappa shape index (κ3) is 2.26. The van der Waals surface area contributed by atoms with E-state index in [0.717, 1.165) is 0 Å². The van der Waals surface area contributed by atoms with Crippen molar-refractivity contribution in [3.8, 4) is 0 Å². The summed E-state index contributed by atoms with van der Waals surface area (Å²) in [7, 11) is 5.24. The summed E-state index contributed by atoms with van der Waals surface area (Å²) in [5, 5.41) is 0. The Hall–Kier alpha value is 0.467. The van der Waals surface area contributed by atoms with Crippen LogP contribution in [0, 0.1) is 0 Å². The molecule has 0 amide bonds. The first kappa shape index (κ1) is 10.5. The van der Waals surface area contributed by atoms with Crippen LogP contribution in [-0.2, 0) is 0 Å². The molecule has 0 aromatic heterocycles. The lowest BCUT2D eigenvalue weighted by Gasteiger charge is -2.35. The van der Waals surface area contributed by atoms with E-state index in [4.69, 9.17) is 11.6 Å². The Morgan fingerprint density at radius 1 is 1.60 bits per heavy atom. The maximum absolute atomic E-state index is 6.28. The molecule has 1 nitrogen and oxygen atoms in total. The minimum Gasteiger partial charge on any atom is -0.291 e. The van der Waals surface area contributed by atoms with E-state index in [1.807, 2.05) is 14.1 Å². The van der Waals surface area contributed by atoms with Gasteiger partial charge in [-0.25, -0.2) is 0 Å². The van der Waals surface area contributed by atoms with Crippen molar-refractivity contribution in [3.05, 3.63) is 0 Å². The normalized spacial score (nSPS) is 21.0. The Bertz CT molecular complexity index is 104. The molecule has 0 saturated carbocycles. The van der Waals surface area contributed by atoms with Gasteiger partial charge in [0.2, 0.25) is 0 Å². The zero-order valence-electron chi connectivity index (χ0n) is 7.61. The van der Waals surface area contributed by atoms with Crippen molar-refractivity contribution in [2.45, 2.75) is 30.8 Å². The van der Waals surface area contributed by atoms with Crippen molar-refractivity contribution in [3.63, 3.8) is 0 Å². The third-order valence-electron chi connectivity index (χ3n) is 2.39. The lowest BCUT2D eigenvalue weighted by Crippen LogP contribution is -2.39. The van der Waals surface area contributed by atoms with Crippen molar-refractivity contribution in [2.75, 3.05) is 14.1 Å². The van der Waals surface area contributed by atoms with Gasteiger partial charge in [-0.05, 0) is 26.6 Å². The van der Waals surface area contributed by atoms with Crippen LogP contribution in [0.25, 0.3) is 0 Å². The van der Waals surface area contributed by atoms with E-state index in [9.17, 15) is 0 Å². The predicted octanol–water partition coefficient (Wildman–Crippen LogP) is 1.07. The Balaban J connectivity index is 4.09. The number of alkyl halides is 1. The largest absolute Gasteiger partial charge is 0.291 e. The summed E-state index contributed by atoms with van der Waals surface area (Å²) in [6.45, 7) is 4.29. The van der Waals surface area contributed by atoms with Crippen LogP contribution in [-0.4, -0.2) is 34.2 Å². The molecule has 10 heavy (non-hydrogen) atoms. The van der Waals surface area contributed by atoms with Crippen LogP contribution in [0.1, 0.15) is 20.3 Å². The smallest absolute Gasteiger partial charge is 0.0922 e. The number of hydrogen-bond donors (Lipinski definition) is 0. The lowest BCUT2D eigenvalue weighted by atomic mass is 10.1. The molecule has 0 aliphatic heterocycles. The molecule has 0 bridgehead atoms. The van der Waals surface area contributed by atoms with Gasteiger partial charge in [-0.2, -0.15) is 0 Å². The van der Waals surface area contributed by atoms with Crippen LogP contribution in [0.15, 0.2) is 0 Å². The van der Waals surface area contributed by atoms with Crippen LogP contribution in [0.5, 0.6) is 0 Å². The van der Waals surface area contributed by atoms with Gasteiger partial charge in [0.15, 0.2) is 0 Å². The van der Waals surface area contributed by atoms with Crippen molar-refractivity contribution in [1.82, 2.24) is 4.90 Å². The highest BCUT2D eigenvalue weighted by atomic mass is 35.5. The molecule has 0 fully saturated rings. The van der Waals surface area contributed by atoms with Crippen molar-refractivity contribution < 1.29 is 0 Å². The van der Waals surface area contributed by atoms with Gasteiger partial charge >= 0.3 is 0 Å². The summed E-state index contributed by atoms with van der Waals surface area (Å²) in [6.07, 6.45) is 1.18. The van der Waals surface area contributed by atoms with E-state index in [1.165, 1.54) is 16.7 Å². The predicted molar refractivity (Wildman–Crippen MR) is 51.9 cm³/mol. The van der Waals surface area contributed by atoms with Crippen molar-refractivity contribution >= 4 is 21.8 Å². The summed E-state index contributed by atoms with van der Waals surface area (Å²) >= 11 is 6.28. The standard InChI is InChI=1S/C7H18ClNSi/c1-5-6(10)7(2,8)9(3)4/h6H,5H2,1-4,10H3. The van der Waals surface area contributed by atoms with E-state index in [2.05, 4.69) is 18.7 Å². The zero-order chi connectivity index (χ0) is 8.36. The molecule has 0 spiro atoms. The van der Waals surface area contributed by atoms with Crippen molar-refractivity contribution in [2.24, 2.45) is 0 Å². The molecule has 3 heteroatoms. The molecule has 0 aromatic rings. The van der Waals surface area contributed by atoms with Crippen LogP contribution in [0.3, 0.4) is 0 Å². The molecule has 0 aliphatic carbocycles. The first-order valence-corrected chi connectivity index (χ1v) is 5.32. The maximum Gasteiger partial charge on any atom is 0.0922 e. The molecular formula is C7H18ClNSi. The Morgan fingerprint density at radius 3 is 2.10 bits per heavy atom. The summed E-state index contributed by atoms with van der Waals surface area (Å²) in [5.41, 5.74) is 0.671. The molecule has 0 aromatic carbocycles. The first-order valence-electron chi connectivity index (χ1n) is 3.79. The van der Waals surface area contributed by atoms with Crippen LogP contribution < -0.4 is 0 Å². The lowest BCUT2D eigenvalue weighted by molar-refractivity contribution is 0.253. The fraction of sp³-hybridized carbons (Fsp3) is 1.00. The minimum absolute atomic E-state index is 0.124. The Kier molecular flexibility index (Phi) is 3.92. The van der Waals surface area contributed by atoms with E-state index >= 15 is 0 Å². The quantitative estimate of drug-likeness (QED) is 0.356. The summed E-state index contributed by atoms with van der Waals surface area (Å²) < 4.78 is 0. The van der Waals surface area contributed by atoms with Gasteiger partial charge in [-0.15, -0.1) is 11.6 Å². The SMILES string of the molecule is CCC([SiH3])C(C)(Cl)N(C)C. The summed E-state index contributed by atoms with van der Waals surface area (Å²) in [4.78, 5) is 1.97. The highest BCUT2D eigenvalue weighted by Gasteiger charge is 2.28. The van der Waals surface area contributed by atoms with Gasteiger partial charge in [0.25, 0.3) is 0 Å². The Morgan fingerprint density at radius 2 is 2.00 bits per heavy atom. The topological polar surface area (TPSA) is 3.24 Å². The van der Waals surface area contributed by atoms with E-state index in [-0.39, 0.29) is 5.00 Å². The molecule has 0 heterocycles. The van der Waals surface area contributed by atoms with Gasteiger partial charge in [0, 0.05) is 10.2 Å². The molecule has 0 saturated heterocycles. The Labute approximate surface area is 72.2 Å². The monoisotopic (exact) mass is 179 g/mol. The van der Waals surface area contributed by atoms with Crippen molar-refractivity contribution in [1.29, 1.82) is 0 Å². The van der Waals surface area contributed by atoms with E-state index in [1.54, 1.807) is 0 Å². The average molecular weight is 180 g/mol. The second kappa shape index (κ2) is 3.74. The van der Waals surface area contributed by atoms with Crippen LogP contribution >= 0.6 is 11.6 Å². The molecule has 0 rings (SSSR count). The van der Waals surface area contributed by atoms with Gasteiger partial charge in [-0.1, -0.05) is 13.3 Å². The second-order valence-corrected chi connectivity index (χ2v) is 5.39. The molecule has 2 atom stereocenters. The maximum atomic E-state index is 6.28. The highest BCUT2D eigenvalue weighted by Crippen LogP contribution is 2.31. The summed E-state index contributed by atoms with van der Waals surface area (Å²) in [6, 6.07) is 0. The third-order valence-corrected chi connectivity index (χ3v) is 5.40. The minimum atomic E-state index is -0.124. The van der Waals surface area contributed by atoms with Crippen LogP contribution in [0.2, 0.25) is 5.54 Å².